The molecule has 0 aliphatic carbocycles. The summed E-state index contributed by atoms with van der Waals surface area (Å²) in [6.07, 6.45) is 9.35. The summed E-state index contributed by atoms with van der Waals surface area (Å²) >= 11 is 0. The molecule has 3 saturated heterocycles. The molecule has 4 heterocycles. The Kier molecular flexibility index (Phi) is 10.7. The van der Waals surface area contributed by atoms with E-state index in [1.165, 1.54) is 32.1 Å². The molecular weight excluding hydrogens is 562 g/mol. The number of pyridine rings is 1. The number of amides is 1. The Morgan fingerprint density at radius 3 is 2.64 bits per heavy atom. The van der Waals surface area contributed by atoms with Gasteiger partial charge in [0.25, 0.3) is 5.91 Å². The summed E-state index contributed by atoms with van der Waals surface area (Å²) < 4.78 is 6.44. The van der Waals surface area contributed by atoms with Crippen molar-refractivity contribution in [3.8, 4) is 0 Å². The predicted molar refractivity (Wildman–Crippen MR) is 183 cm³/mol. The molecule has 1 amide bonds. The maximum absolute atomic E-state index is 13.0. The fourth-order valence-electron chi connectivity index (χ4n) is 7.64. The highest BCUT2D eigenvalue weighted by Crippen LogP contribution is 2.46. The van der Waals surface area contributed by atoms with E-state index in [0.717, 1.165) is 67.3 Å². The lowest BCUT2D eigenvalue weighted by atomic mass is 9.81. The van der Waals surface area contributed by atoms with Crippen LogP contribution >= 0.6 is 0 Å². The molecule has 45 heavy (non-hydrogen) atoms. The van der Waals surface area contributed by atoms with Gasteiger partial charge in [0.15, 0.2) is 0 Å². The van der Waals surface area contributed by atoms with Crippen LogP contribution in [0.1, 0.15) is 93.8 Å². The Balaban J connectivity index is 1.48. The number of hydrogen-bond acceptors (Lipinski definition) is 8. The highest BCUT2D eigenvalue weighted by atomic mass is 16.5. The van der Waals surface area contributed by atoms with Crippen LogP contribution in [0.5, 0.6) is 0 Å². The number of rotatable bonds is 13. The van der Waals surface area contributed by atoms with Gasteiger partial charge in [-0.2, -0.15) is 0 Å². The van der Waals surface area contributed by atoms with Gasteiger partial charge >= 0.3 is 0 Å². The monoisotopic (exact) mass is 619 g/mol. The van der Waals surface area contributed by atoms with Gasteiger partial charge in [0.05, 0.1) is 24.1 Å². The zero-order valence-electron chi connectivity index (χ0n) is 28.7. The van der Waals surface area contributed by atoms with Crippen molar-refractivity contribution in [2.75, 3.05) is 44.5 Å². The van der Waals surface area contributed by atoms with Gasteiger partial charge in [-0.1, -0.05) is 51.2 Å². The zero-order valence-corrected chi connectivity index (χ0v) is 28.7. The van der Waals surface area contributed by atoms with E-state index in [0.29, 0.717) is 17.9 Å². The number of nitrogens with zero attached hydrogens (tertiary/aromatic N) is 3. The minimum Gasteiger partial charge on any atom is -0.375 e. The number of carbonyl (C=O) groups is 1. The van der Waals surface area contributed by atoms with Crippen LogP contribution in [-0.2, 0) is 11.3 Å². The first-order chi connectivity index (χ1) is 21.6. The van der Waals surface area contributed by atoms with Crippen molar-refractivity contribution in [2.45, 2.75) is 109 Å². The van der Waals surface area contributed by atoms with Crippen molar-refractivity contribution >= 4 is 17.4 Å². The van der Waals surface area contributed by atoms with Gasteiger partial charge in [-0.25, -0.2) is 4.98 Å². The summed E-state index contributed by atoms with van der Waals surface area (Å²) in [5, 5.41) is 15.3. The number of aromatic nitrogens is 1. The molecule has 248 valence electrons. The molecule has 0 bridgehead atoms. The molecule has 9 nitrogen and oxygen atoms in total. The molecule has 5 atom stereocenters. The van der Waals surface area contributed by atoms with Gasteiger partial charge in [-0.3, -0.25) is 15.4 Å². The first-order valence-electron chi connectivity index (χ1n) is 17.2. The number of ether oxygens (including phenoxy) is 1. The van der Waals surface area contributed by atoms with Crippen molar-refractivity contribution in [3.63, 3.8) is 0 Å². The minimum atomic E-state index is -0.537. The number of carbonyl (C=O) groups excluding carboxylic acids is 1. The SMILES string of the molecule is CCCCCCCCC1(Nc2ccc(C)c(C(=O)N(C)C)c2)NCC2C3COC(C)(C)C[C@H]3N(c3cccc(CNC)n3)C2N1. The van der Waals surface area contributed by atoms with Crippen molar-refractivity contribution in [1.29, 1.82) is 0 Å². The summed E-state index contributed by atoms with van der Waals surface area (Å²) in [6, 6.07) is 12.9. The molecule has 0 saturated carbocycles. The van der Waals surface area contributed by atoms with Crippen LogP contribution in [0, 0.1) is 18.8 Å². The molecule has 0 spiro atoms. The van der Waals surface area contributed by atoms with E-state index in [1.54, 1.807) is 4.90 Å². The van der Waals surface area contributed by atoms with E-state index in [1.807, 2.05) is 34.1 Å². The largest absolute Gasteiger partial charge is 0.375 e. The normalized spacial score (nSPS) is 27.1. The van der Waals surface area contributed by atoms with Gasteiger partial charge < -0.3 is 25.2 Å². The minimum absolute atomic E-state index is 0.0203. The Bertz CT molecular complexity index is 1300. The molecular formula is C36H57N7O2. The van der Waals surface area contributed by atoms with Crippen LogP contribution in [0.3, 0.4) is 0 Å². The number of unbranched alkanes of at least 4 members (excludes halogenated alkanes) is 5. The third-order valence-electron chi connectivity index (χ3n) is 10.1. The number of hydrogen-bond donors (Lipinski definition) is 4. The Morgan fingerprint density at radius 1 is 1.11 bits per heavy atom. The third-order valence-corrected chi connectivity index (χ3v) is 10.1. The van der Waals surface area contributed by atoms with E-state index in [4.69, 9.17) is 9.72 Å². The summed E-state index contributed by atoms with van der Waals surface area (Å²) in [5.74, 6) is 1.27. The number of fused-ring (bicyclic) bond motifs is 3. The number of aryl methyl sites for hydroxylation is 1. The second-order valence-electron chi connectivity index (χ2n) is 14.3. The first kappa shape index (κ1) is 33.6. The molecule has 4 unspecified atom stereocenters. The molecule has 5 rings (SSSR count). The third kappa shape index (κ3) is 7.64. The van der Waals surface area contributed by atoms with Crippen molar-refractivity contribution in [1.82, 2.24) is 25.8 Å². The lowest BCUT2D eigenvalue weighted by molar-refractivity contribution is -0.0881. The van der Waals surface area contributed by atoms with Crippen LogP contribution in [0.2, 0.25) is 0 Å². The molecule has 3 fully saturated rings. The van der Waals surface area contributed by atoms with Crippen molar-refractivity contribution in [3.05, 3.63) is 53.2 Å². The van der Waals surface area contributed by atoms with Crippen LogP contribution in [0.4, 0.5) is 11.5 Å². The Hall–Kier alpha value is -2.72. The molecule has 3 aliphatic rings. The van der Waals surface area contributed by atoms with Gasteiger partial charge in [0, 0.05) is 56.3 Å². The maximum Gasteiger partial charge on any atom is 0.253 e. The van der Waals surface area contributed by atoms with E-state index in [9.17, 15) is 4.79 Å². The molecule has 4 N–H and O–H groups in total. The Labute approximate surface area is 271 Å². The summed E-state index contributed by atoms with van der Waals surface area (Å²) in [7, 11) is 5.59. The summed E-state index contributed by atoms with van der Waals surface area (Å²) in [4.78, 5) is 22.4. The van der Waals surface area contributed by atoms with E-state index in [-0.39, 0.29) is 17.7 Å². The highest BCUT2D eigenvalue weighted by Gasteiger charge is 2.57. The summed E-state index contributed by atoms with van der Waals surface area (Å²) in [6.45, 7) is 11.1. The molecule has 9 heteroatoms. The molecule has 0 radical (unpaired) electrons. The number of benzene rings is 1. The van der Waals surface area contributed by atoms with Gasteiger partial charge in [-0.15, -0.1) is 0 Å². The van der Waals surface area contributed by atoms with Gasteiger partial charge in [0.2, 0.25) is 0 Å². The topological polar surface area (TPSA) is 93.8 Å². The zero-order chi connectivity index (χ0) is 32.2. The van der Waals surface area contributed by atoms with Gasteiger partial charge in [0.1, 0.15) is 11.6 Å². The smallest absolute Gasteiger partial charge is 0.253 e. The van der Waals surface area contributed by atoms with Gasteiger partial charge in [-0.05, 0) is 76.9 Å². The second-order valence-corrected chi connectivity index (χ2v) is 14.3. The number of anilines is 2. The van der Waals surface area contributed by atoms with E-state index in [2.05, 4.69) is 77.3 Å². The van der Waals surface area contributed by atoms with E-state index >= 15 is 0 Å². The molecule has 1 aromatic carbocycles. The fraction of sp³-hybridized carbons (Fsp3) is 0.667. The summed E-state index contributed by atoms with van der Waals surface area (Å²) in [5.41, 5.74) is 3.51. The first-order valence-corrected chi connectivity index (χ1v) is 17.2. The molecule has 1 aromatic heterocycles. The van der Waals surface area contributed by atoms with Crippen LogP contribution in [0.25, 0.3) is 0 Å². The lowest BCUT2D eigenvalue weighted by Crippen LogP contribution is -2.73. The molecule has 3 aliphatic heterocycles. The maximum atomic E-state index is 13.0. The second kappa shape index (κ2) is 14.4. The average molecular weight is 620 g/mol. The van der Waals surface area contributed by atoms with Crippen molar-refractivity contribution in [2.24, 2.45) is 11.8 Å². The van der Waals surface area contributed by atoms with E-state index < -0.39 is 5.79 Å². The van der Waals surface area contributed by atoms with Crippen LogP contribution in [-0.4, -0.2) is 73.7 Å². The quantitative estimate of drug-likeness (QED) is 0.220. The number of nitrogens with one attached hydrogen (secondary N) is 4. The average Bonchev–Trinajstić information content (AvgIpc) is 3.31. The van der Waals surface area contributed by atoms with Crippen molar-refractivity contribution < 1.29 is 9.53 Å². The van der Waals surface area contributed by atoms with Crippen LogP contribution < -0.4 is 26.2 Å². The van der Waals surface area contributed by atoms with Crippen LogP contribution in [0.15, 0.2) is 36.4 Å². The standard InChI is InChI=1S/C36H57N7O2/c1-8-9-10-11-12-13-19-36(40-26-18-17-25(2)28(20-26)34(44)42(6)7)38-23-29-30-24-45-35(3,4)21-31(30)43(33(29)41-36)32-16-14-15-27(39-32)22-37-5/h14-18,20,29-31,33,37-38,40-41H,8-13,19,21-24H2,1-7H3/t29?,30?,31-,33?,36?/m1/s1. The highest BCUT2D eigenvalue weighted by molar-refractivity contribution is 5.96. The molecule has 2 aromatic rings. The lowest BCUT2D eigenvalue weighted by Gasteiger charge is -2.48. The fourth-order valence-corrected chi connectivity index (χ4v) is 7.64. The predicted octanol–water partition coefficient (Wildman–Crippen LogP) is 5.47. The Morgan fingerprint density at radius 2 is 1.89 bits per heavy atom.